The summed E-state index contributed by atoms with van der Waals surface area (Å²) < 4.78 is 0. The molecule has 6 nitrogen and oxygen atoms in total. The van der Waals surface area contributed by atoms with E-state index in [2.05, 4.69) is 38.1 Å². The van der Waals surface area contributed by atoms with Gasteiger partial charge in [-0.05, 0) is 48.9 Å². The molecule has 0 aliphatic heterocycles. The van der Waals surface area contributed by atoms with Crippen molar-refractivity contribution in [3.8, 4) is 18.2 Å². The smallest absolute Gasteiger partial charge is 0.110 e. The van der Waals surface area contributed by atoms with Crippen molar-refractivity contribution in [3.05, 3.63) is 76.1 Å². The van der Waals surface area contributed by atoms with Crippen LogP contribution in [0.5, 0.6) is 0 Å². The van der Waals surface area contributed by atoms with Gasteiger partial charge < -0.3 is 0 Å². The molecule has 0 N–H and O–H groups in total. The average molecular weight is 489 g/mol. The number of halogens is 1. The van der Waals surface area contributed by atoms with Gasteiger partial charge in [-0.2, -0.15) is 15.8 Å². The van der Waals surface area contributed by atoms with Crippen molar-refractivity contribution < 1.29 is 0 Å². The van der Waals surface area contributed by atoms with E-state index in [1.165, 1.54) is 43.8 Å². The van der Waals surface area contributed by atoms with Gasteiger partial charge in [-0.15, -0.1) is 34.0 Å². The first-order valence-electron chi connectivity index (χ1n) is 7.57. The molecule has 0 spiro atoms. The van der Waals surface area contributed by atoms with Crippen LogP contribution in [0.3, 0.4) is 0 Å². The van der Waals surface area contributed by atoms with E-state index in [1.54, 1.807) is 12.1 Å². The van der Waals surface area contributed by atoms with E-state index in [-0.39, 0.29) is 0 Å². The third kappa shape index (κ3) is 8.83. The van der Waals surface area contributed by atoms with Crippen molar-refractivity contribution in [1.29, 1.82) is 15.8 Å². The molecule has 3 rings (SSSR count). The summed E-state index contributed by atoms with van der Waals surface area (Å²) in [6, 6.07) is 17.2. The van der Waals surface area contributed by atoms with Crippen LogP contribution in [-0.4, -0.2) is 0 Å². The van der Waals surface area contributed by atoms with Crippen molar-refractivity contribution >= 4 is 49.9 Å². The van der Waals surface area contributed by atoms with E-state index in [4.69, 9.17) is 21.3 Å². The Morgan fingerprint density at radius 1 is 0.893 bits per heavy atom. The molecule has 0 saturated heterocycles. The van der Waals surface area contributed by atoms with E-state index in [0.29, 0.717) is 11.4 Å². The summed E-state index contributed by atoms with van der Waals surface area (Å²) in [5, 5.41) is 29.4. The Bertz CT molecular complexity index is 1050. The lowest BCUT2D eigenvalue weighted by atomic mass is 10.4. The molecule has 0 aliphatic rings. The summed E-state index contributed by atoms with van der Waals surface area (Å²) in [5.74, 6) is 0. The van der Waals surface area contributed by atoms with Crippen LogP contribution in [-0.2, 0) is 11.9 Å². The second-order valence-corrected chi connectivity index (χ2v) is 8.99. The second-order valence-electron chi connectivity index (χ2n) is 4.80. The molecule has 140 valence electrons. The van der Waals surface area contributed by atoms with Gasteiger partial charge in [0.1, 0.15) is 32.8 Å². The number of rotatable bonds is 3. The van der Waals surface area contributed by atoms with Gasteiger partial charge in [-0.25, -0.2) is 0 Å². The summed E-state index contributed by atoms with van der Waals surface area (Å²) >= 11 is 7.70. The Labute approximate surface area is 183 Å². The zero-order chi connectivity index (χ0) is 20.8. The molecule has 0 aromatic carbocycles. The SMILES string of the molecule is Cc1ccc(C#N)s1.N#Cc1ccc(CBr)s1.N#Cc1ccc(CN=[N+]=[N-])s1. The van der Waals surface area contributed by atoms with Crippen LogP contribution in [0, 0.1) is 40.9 Å². The van der Waals surface area contributed by atoms with Gasteiger partial charge in [-0.3, -0.25) is 0 Å². The molecule has 28 heavy (non-hydrogen) atoms. The molecule has 0 atom stereocenters. The number of nitrogens with zero attached hydrogens (tertiary/aromatic N) is 6. The van der Waals surface area contributed by atoms with Crippen molar-refractivity contribution in [2.75, 3.05) is 0 Å². The Kier molecular flexibility index (Phi) is 11.3. The maximum absolute atomic E-state index is 8.43. The second kappa shape index (κ2) is 13.5. The number of nitriles is 3. The molecular formula is C18H13BrN6S3. The monoisotopic (exact) mass is 488 g/mol. The summed E-state index contributed by atoms with van der Waals surface area (Å²) in [4.78, 5) is 8.15. The van der Waals surface area contributed by atoms with E-state index < -0.39 is 0 Å². The van der Waals surface area contributed by atoms with Gasteiger partial charge in [0.25, 0.3) is 0 Å². The minimum Gasteiger partial charge on any atom is -0.192 e. The molecule has 3 aromatic heterocycles. The Morgan fingerprint density at radius 2 is 1.39 bits per heavy atom. The Hall–Kier alpha value is -2.64. The number of alkyl halides is 1. The minimum atomic E-state index is 0.336. The van der Waals surface area contributed by atoms with Gasteiger partial charge in [0.15, 0.2) is 0 Å². The van der Waals surface area contributed by atoms with Gasteiger partial charge in [-0.1, -0.05) is 21.0 Å². The molecular weight excluding hydrogens is 476 g/mol. The zero-order valence-electron chi connectivity index (χ0n) is 14.7. The standard InChI is InChI=1S/C6H4BrNS.C6H4N4S.C6H5NS/c7-3-5-1-2-6(4-8)9-5;7-3-5-1-2-6(11-5)4-9-10-8;1-5-2-3-6(4-7)8-5/h1-2H,3H2;1-2H,4H2;2-3H,1H3. The first-order valence-corrected chi connectivity index (χ1v) is 11.1. The van der Waals surface area contributed by atoms with Crippen LogP contribution in [0.25, 0.3) is 10.4 Å². The fourth-order valence-electron chi connectivity index (χ4n) is 1.63. The highest BCUT2D eigenvalue weighted by Crippen LogP contribution is 2.17. The fraction of sp³-hybridized carbons (Fsp3) is 0.167. The highest BCUT2D eigenvalue weighted by molar-refractivity contribution is 9.08. The summed E-state index contributed by atoms with van der Waals surface area (Å²) in [7, 11) is 0. The van der Waals surface area contributed by atoms with Crippen LogP contribution in [0.1, 0.15) is 29.3 Å². The summed E-state index contributed by atoms with van der Waals surface area (Å²) in [5.41, 5.74) is 7.99. The summed E-state index contributed by atoms with van der Waals surface area (Å²) in [6.07, 6.45) is 0. The average Bonchev–Trinajstić information content (AvgIpc) is 3.47. The molecule has 0 fully saturated rings. The van der Waals surface area contributed by atoms with E-state index >= 15 is 0 Å². The molecule has 0 aliphatic carbocycles. The molecule has 0 unspecified atom stereocenters. The number of hydrogen-bond acceptors (Lipinski definition) is 7. The van der Waals surface area contributed by atoms with Crippen molar-refractivity contribution in [3.63, 3.8) is 0 Å². The predicted octanol–water partition coefficient (Wildman–Crippen LogP) is 6.87. The van der Waals surface area contributed by atoms with Gasteiger partial charge in [0.05, 0.1) is 6.54 Å². The van der Waals surface area contributed by atoms with Crippen LogP contribution in [0.2, 0.25) is 0 Å². The molecule has 3 aromatic rings. The third-order valence-electron chi connectivity index (χ3n) is 2.82. The van der Waals surface area contributed by atoms with Crippen LogP contribution in [0.15, 0.2) is 41.5 Å². The first-order chi connectivity index (χ1) is 13.6. The van der Waals surface area contributed by atoms with E-state index in [1.807, 2.05) is 37.3 Å². The third-order valence-corrected chi connectivity index (χ3v) is 6.66. The molecule has 3 heterocycles. The number of aryl methyl sites for hydroxylation is 1. The van der Waals surface area contributed by atoms with Crippen molar-refractivity contribution in [1.82, 2.24) is 0 Å². The molecule has 10 heteroatoms. The maximum Gasteiger partial charge on any atom is 0.110 e. The number of azide groups is 1. The lowest BCUT2D eigenvalue weighted by Gasteiger charge is -1.81. The first kappa shape index (κ1) is 23.4. The van der Waals surface area contributed by atoms with Crippen molar-refractivity contribution in [2.24, 2.45) is 5.11 Å². The molecule has 0 radical (unpaired) electrons. The van der Waals surface area contributed by atoms with Crippen molar-refractivity contribution in [2.45, 2.75) is 18.8 Å². The largest absolute Gasteiger partial charge is 0.192 e. The normalized spacial score (nSPS) is 8.54. The van der Waals surface area contributed by atoms with Gasteiger partial charge in [0.2, 0.25) is 0 Å². The summed E-state index contributed by atoms with van der Waals surface area (Å²) in [6.45, 7) is 2.33. The maximum atomic E-state index is 8.43. The van der Waals surface area contributed by atoms with E-state index in [0.717, 1.165) is 20.0 Å². The lowest BCUT2D eigenvalue weighted by Crippen LogP contribution is -1.66. The fourth-order valence-corrected chi connectivity index (χ4v) is 4.20. The van der Waals surface area contributed by atoms with Crippen LogP contribution >= 0.6 is 49.9 Å². The Balaban J connectivity index is 0.000000213. The number of thiophene rings is 3. The quantitative estimate of drug-likeness (QED) is 0.173. The Morgan fingerprint density at radius 3 is 1.75 bits per heavy atom. The predicted molar refractivity (Wildman–Crippen MR) is 117 cm³/mol. The molecule has 0 bridgehead atoms. The molecule has 0 amide bonds. The van der Waals surface area contributed by atoms with Gasteiger partial charge >= 0.3 is 0 Å². The van der Waals surface area contributed by atoms with Crippen LogP contribution < -0.4 is 0 Å². The van der Waals surface area contributed by atoms with Gasteiger partial charge in [0, 0.05) is 24.9 Å². The zero-order valence-corrected chi connectivity index (χ0v) is 18.7. The van der Waals surface area contributed by atoms with E-state index in [9.17, 15) is 0 Å². The topological polar surface area (TPSA) is 120 Å². The number of hydrogen-bond donors (Lipinski definition) is 0. The van der Waals surface area contributed by atoms with Crippen LogP contribution in [0.4, 0.5) is 0 Å². The lowest BCUT2D eigenvalue weighted by molar-refractivity contribution is 1.08. The highest BCUT2D eigenvalue weighted by atomic mass is 79.9. The highest BCUT2D eigenvalue weighted by Gasteiger charge is 1.96. The molecule has 0 saturated carbocycles. The minimum absolute atomic E-state index is 0.336.